The zero-order valence-electron chi connectivity index (χ0n) is 18.6. The first kappa shape index (κ1) is 24.8. The number of anilines is 2. The van der Waals surface area contributed by atoms with Crippen LogP contribution in [0.5, 0.6) is 5.75 Å². The Labute approximate surface area is 190 Å². The van der Waals surface area contributed by atoms with Crippen molar-refractivity contribution in [2.45, 2.75) is 33.4 Å². The molecule has 0 aromatic heterocycles. The summed E-state index contributed by atoms with van der Waals surface area (Å²) in [4.78, 5) is 15.0. The molecule has 9 heteroatoms. The summed E-state index contributed by atoms with van der Waals surface area (Å²) in [7, 11) is -2.26. The van der Waals surface area contributed by atoms with Gasteiger partial charge in [0.15, 0.2) is 0 Å². The van der Waals surface area contributed by atoms with Crippen molar-refractivity contribution in [3.63, 3.8) is 0 Å². The number of nitrogens with one attached hydrogen (secondary N) is 1. The van der Waals surface area contributed by atoms with Crippen molar-refractivity contribution in [1.29, 1.82) is 0 Å². The Balaban J connectivity index is 2.14. The summed E-state index contributed by atoms with van der Waals surface area (Å²) >= 11 is 6.15. The summed E-state index contributed by atoms with van der Waals surface area (Å²) in [6.45, 7) is 7.87. The second kappa shape index (κ2) is 10.7. The smallest absolute Gasteiger partial charge is 0.243 e. The van der Waals surface area contributed by atoms with E-state index in [-0.39, 0.29) is 5.02 Å². The number of halogens is 1. The van der Waals surface area contributed by atoms with Crippen LogP contribution in [0.3, 0.4) is 0 Å². The van der Waals surface area contributed by atoms with Gasteiger partial charge in [-0.25, -0.2) is 8.42 Å². The summed E-state index contributed by atoms with van der Waals surface area (Å²) < 4.78 is 31.1. The van der Waals surface area contributed by atoms with Gasteiger partial charge in [-0.15, -0.1) is 0 Å². The fourth-order valence-electron chi connectivity index (χ4n) is 3.35. The Hall–Kier alpha value is -2.45. The molecule has 0 fully saturated rings. The Morgan fingerprint density at radius 1 is 1.10 bits per heavy atom. The van der Waals surface area contributed by atoms with E-state index >= 15 is 0 Å². The van der Waals surface area contributed by atoms with E-state index in [0.717, 1.165) is 34.9 Å². The van der Waals surface area contributed by atoms with Crippen LogP contribution in [-0.4, -0.2) is 46.8 Å². The second-order valence-electron chi connectivity index (χ2n) is 7.11. The number of amides is 1. The minimum Gasteiger partial charge on any atom is -0.495 e. The molecule has 0 aliphatic heterocycles. The maximum absolute atomic E-state index is 12.8. The minimum atomic E-state index is -3.74. The van der Waals surface area contributed by atoms with Crippen molar-refractivity contribution in [2.75, 3.05) is 35.7 Å². The maximum Gasteiger partial charge on any atom is 0.243 e. The lowest BCUT2D eigenvalue weighted by atomic mass is 10.2. The van der Waals surface area contributed by atoms with Gasteiger partial charge in [0.05, 0.1) is 24.1 Å². The van der Waals surface area contributed by atoms with Crippen LogP contribution in [0.15, 0.2) is 42.5 Å². The highest BCUT2D eigenvalue weighted by Gasteiger charge is 2.29. The molecule has 0 saturated carbocycles. The van der Waals surface area contributed by atoms with Crippen molar-refractivity contribution in [2.24, 2.45) is 0 Å². The molecule has 2 rings (SSSR count). The molecule has 7 nitrogen and oxygen atoms in total. The SMILES string of the molecule is CCN(CC)c1ccc(CNC(=O)C(C)N(c2ccc(OC)c(Cl)c2)S(C)(=O)=O)cc1. The predicted octanol–water partition coefficient (Wildman–Crippen LogP) is 3.67. The number of ether oxygens (including phenoxy) is 1. The second-order valence-corrected chi connectivity index (χ2v) is 9.38. The number of nitrogens with zero attached hydrogens (tertiary/aromatic N) is 2. The number of benzene rings is 2. The lowest BCUT2D eigenvalue weighted by Gasteiger charge is -2.28. The molecular formula is C22H30ClN3O4S. The Morgan fingerprint density at radius 3 is 2.16 bits per heavy atom. The summed E-state index contributed by atoms with van der Waals surface area (Å²) in [5.74, 6) is 0.00863. The standard InChI is InChI=1S/C22H30ClN3O4S/c1-6-25(7-2)18-10-8-17(9-11-18)15-24-22(27)16(3)26(31(5,28)29)19-12-13-21(30-4)20(23)14-19/h8-14,16H,6-7,15H2,1-5H3,(H,24,27). The number of sulfonamides is 1. The normalized spacial score (nSPS) is 12.2. The minimum absolute atomic E-state index is 0.259. The maximum atomic E-state index is 12.8. The summed E-state index contributed by atoms with van der Waals surface area (Å²) in [5, 5.41) is 3.08. The van der Waals surface area contributed by atoms with E-state index in [1.807, 2.05) is 24.3 Å². The predicted molar refractivity (Wildman–Crippen MR) is 127 cm³/mol. The summed E-state index contributed by atoms with van der Waals surface area (Å²) in [5.41, 5.74) is 2.34. The number of carbonyl (C=O) groups is 1. The molecule has 1 N–H and O–H groups in total. The van der Waals surface area contributed by atoms with Crippen LogP contribution in [-0.2, 0) is 21.4 Å². The first-order valence-corrected chi connectivity index (χ1v) is 12.3. The number of hydrogen-bond donors (Lipinski definition) is 1. The fraction of sp³-hybridized carbons (Fsp3) is 0.409. The van der Waals surface area contributed by atoms with Crippen LogP contribution < -0.4 is 19.3 Å². The topological polar surface area (TPSA) is 79.0 Å². The van der Waals surface area contributed by atoms with Crippen LogP contribution in [0, 0.1) is 0 Å². The third-order valence-corrected chi connectivity index (χ3v) is 6.55. The molecule has 1 atom stereocenters. The largest absolute Gasteiger partial charge is 0.495 e. The highest BCUT2D eigenvalue weighted by molar-refractivity contribution is 7.92. The van der Waals surface area contributed by atoms with Gasteiger partial charge in [-0.1, -0.05) is 23.7 Å². The highest BCUT2D eigenvalue weighted by Crippen LogP contribution is 2.31. The van der Waals surface area contributed by atoms with E-state index in [4.69, 9.17) is 16.3 Å². The van der Waals surface area contributed by atoms with Crippen LogP contribution in [0.4, 0.5) is 11.4 Å². The van der Waals surface area contributed by atoms with Crippen LogP contribution in [0.1, 0.15) is 26.3 Å². The van der Waals surface area contributed by atoms with Gasteiger partial charge >= 0.3 is 0 Å². The van der Waals surface area contributed by atoms with E-state index in [1.54, 1.807) is 12.1 Å². The van der Waals surface area contributed by atoms with E-state index in [1.165, 1.54) is 20.1 Å². The number of methoxy groups -OCH3 is 1. The lowest BCUT2D eigenvalue weighted by molar-refractivity contribution is -0.122. The number of carbonyl (C=O) groups excluding carboxylic acids is 1. The molecule has 2 aromatic carbocycles. The molecule has 2 aromatic rings. The number of rotatable bonds is 10. The van der Waals surface area contributed by atoms with Gasteiger partial charge < -0.3 is 15.0 Å². The molecule has 0 bridgehead atoms. The molecule has 1 amide bonds. The average molecular weight is 468 g/mol. The molecule has 31 heavy (non-hydrogen) atoms. The fourth-order valence-corrected chi connectivity index (χ4v) is 4.77. The molecular weight excluding hydrogens is 438 g/mol. The van der Waals surface area contributed by atoms with Gasteiger partial charge in [0.1, 0.15) is 11.8 Å². The molecule has 1 unspecified atom stereocenters. The van der Waals surface area contributed by atoms with Crippen molar-refractivity contribution in [3.8, 4) is 5.75 Å². The van der Waals surface area contributed by atoms with Crippen LogP contribution in [0.25, 0.3) is 0 Å². The Kier molecular flexibility index (Phi) is 8.59. The Bertz CT molecular complexity index is 992. The van der Waals surface area contributed by atoms with Gasteiger partial charge in [0.2, 0.25) is 15.9 Å². The van der Waals surface area contributed by atoms with Gasteiger partial charge in [0, 0.05) is 25.3 Å². The van der Waals surface area contributed by atoms with Gasteiger partial charge in [-0.2, -0.15) is 0 Å². The third-order valence-electron chi connectivity index (χ3n) is 5.01. The van der Waals surface area contributed by atoms with Crippen molar-refractivity contribution >= 4 is 38.9 Å². The van der Waals surface area contributed by atoms with Gasteiger partial charge in [0.25, 0.3) is 0 Å². The average Bonchev–Trinajstić information content (AvgIpc) is 2.73. The summed E-state index contributed by atoms with van der Waals surface area (Å²) in [6, 6.07) is 11.6. The summed E-state index contributed by atoms with van der Waals surface area (Å²) in [6.07, 6.45) is 1.06. The number of hydrogen-bond acceptors (Lipinski definition) is 5. The highest BCUT2D eigenvalue weighted by atomic mass is 35.5. The van der Waals surface area contributed by atoms with Crippen molar-refractivity contribution in [1.82, 2.24) is 5.32 Å². The van der Waals surface area contributed by atoms with E-state index in [9.17, 15) is 13.2 Å². The molecule has 0 spiro atoms. The third kappa shape index (κ3) is 6.27. The van der Waals surface area contributed by atoms with E-state index in [2.05, 4.69) is 24.1 Å². The van der Waals surface area contributed by atoms with E-state index in [0.29, 0.717) is 18.0 Å². The molecule has 0 heterocycles. The van der Waals surface area contributed by atoms with E-state index < -0.39 is 22.0 Å². The quantitative estimate of drug-likeness (QED) is 0.576. The van der Waals surface area contributed by atoms with Crippen LogP contribution >= 0.6 is 11.6 Å². The first-order valence-electron chi connectivity index (χ1n) is 10.1. The van der Waals surface area contributed by atoms with Crippen molar-refractivity contribution in [3.05, 3.63) is 53.1 Å². The van der Waals surface area contributed by atoms with Crippen molar-refractivity contribution < 1.29 is 17.9 Å². The molecule has 170 valence electrons. The molecule has 0 aliphatic rings. The first-order chi connectivity index (χ1) is 14.6. The zero-order valence-corrected chi connectivity index (χ0v) is 20.1. The zero-order chi connectivity index (χ0) is 23.2. The van der Waals surface area contributed by atoms with Crippen LogP contribution in [0.2, 0.25) is 5.02 Å². The monoisotopic (exact) mass is 467 g/mol. The molecule has 0 aliphatic carbocycles. The molecule has 0 saturated heterocycles. The Morgan fingerprint density at radius 2 is 1.68 bits per heavy atom. The molecule has 0 radical (unpaired) electrons. The van der Waals surface area contributed by atoms with Gasteiger partial charge in [-0.05, 0) is 56.7 Å². The lowest BCUT2D eigenvalue weighted by Crippen LogP contribution is -2.47. The van der Waals surface area contributed by atoms with Gasteiger partial charge in [-0.3, -0.25) is 9.10 Å².